The molecule has 0 heterocycles. The van der Waals surface area contributed by atoms with Crippen molar-refractivity contribution in [2.75, 3.05) is 5.32 Å². The predicted molar refractivity (Wildman–Crippen MR) is 85.2 cm³/mol. The van der Waals surface area contributed by atoms with Crippen LogP contribution in [-0.4, -0.2) is 17.0 Å². The predicted octanol–water partition coefficient (Wildman–Crippen LogP) is 3.80. The van der Waals surface area contributed by atoms with Crippen LogP contribution in [0.25, 0.3) is 6.08 Å². The third-order valence-corrected chi connectivity index (χ3v) is 3.36. The van der Waals surface area contributed by atoms with E-state index in [2.05, 4.69) is 21.2 Å². The van der Waals surface area contributed by atoms with E-state index < -0.39 is 5.97 Å². The molecule has 106 valence electrons. The molecule has 0 fully saturated rings. The number of carboxylic acids is 1. The molecule has 2 aromatic rings. The van der Waals surface area contributed by atoms with Gasteiger partial charge in [-0.2, -0.15) is 0 Å². The number of aromatic carboxylic acids is 1. The fraction of sp³-hybridized carbons (Fsp3) is 0. The number of carbonyl (C=O) groups is 2. The van der Waals surface area contributed by atoms with E-state index in [1.54, 1.807) is 12.1 Å². The molecule has 0 aliphatic rings. The summed E-state index contributed by atoms with van der Waals surface area (Å²) < 4.78 is 0.517. The van der Waals surface area contributed by atoms with Gasteiger partial charge in [0.1, 0.15) is 0 Å². The van der Waals surface area contributed by atoms with Gasteiger partial charge >= 0.3 is 5.97 Å². The van der Waals surface area contributed by atoms with Crippen molar-refractivity contribution >= 4 is 39.6 Å². The average molecular weight is 346 g/mol. The summed E-state index contributed by atoms with van der Waals surface area (Å²) in [6.07, 6.45) is 3.13. The highest BCUT2D eigenvalue weighted by Crippen LogP contribution is 2.23. The first-order chi connectivity index (χ1) is 10.1. The second kappa shape index (κ2) is 6.85. The molecule has 0 saturated carbocycles. The molecule has 5 heteroatoms. The fourth-order valence-electron chi connectivity index (χ4n) is 1.66. The maximum absolute atomic E-state index is 11.8. The molecule has 0 saturated heterocycles. The molecule has 0 bridgehead atoms. The summed E-state index contributed by atoms with van der Waals surface area (Å²) in [5, 5.41) is 11.6. The Balaban J connectivity index is 2.06. The molecule has 0 aromatic heterocycles. The van der Waals surface area contributed by atoms with Gasteiger partial charge in [0.25, 0.3) is 0 Å². The Morgan fingerprint density at radius 3 is 2.43 bits per heavy atom. The van der Waals surface area contributed by atoms with Gasteiger partial charge in [-0.15, -0.1) is 0 Å². The van der Waals surface area contributed by atoms with E-state index in [0.717, 1.165) is 5.56 Å². The molecule has 2 rings (SSSR count). The van der Waals surface area contributed by atoms with Crippen molar-refractivity contribution in [3.63, 3.8) is 0 Å². The van der Waals surface area contributed by atoms with Gasteiger partial charge in [-0.05, 0) is 45.8 Å². The molecule has 0 aliphatic heterocycles. The van der Waals surface area contributed by atoms with Gasteiger partial charge in [-0.1, -0.05) is 30.3 Å². The molecule has 2 aromatic carbocycles. The molecule has 4 nitrogen and oxygen atoms in total. The summed E-state index contributed by atoms with van der Waals surface area (Å²) in [4.78, 5) is 22.6. The fourth-order valence-corrected chi connectivity index (χ4v) is 2.14. The monoisotopic (exact) mass is 345 g/mol. The van der Waals surface area contributed by atoms with Crippen LogP contribution in [-0.2, 0) is 4.79 Å². The van der Waals surface area contributed by atoms with Crippen LogP contribution in [0.5, 0.6) is 0 Å². The molecule has 0 radical (unpaired) electrons. The van der Waals surface area contributed by atoms with Crippen LogP contribution in [0.4, 0.5) is 5.69 Å². The summed E-state index contributed by atoms with van der Waals surface area (Å²) in [7, 11) is 0. The number of benzene rings is 2. The molecular formula is C16H12BrNO3. The van der Waals surface area contributed by atoms with Gasteiger partial charge in [0.05, 0.1) is 11.3 Å². The smallest absolute Gasteiger partial charge is 0.335 e. The first kappa shape index (κ1) is 15.0. The summed E-state index contributed by atoms with van der Waals surface area (Å²) in [6, 6.07) is 13.9. The van der Waals surface area contributed by atoms with Crippen molar-refractivity contribution in [3.8, 4) is 0 Å². The Morgan fingerprint density at radius 2 is 1.81 bits per heavy atom. The van der Waals surface area contributed by atoms with Gasteiger partial charge in [-0.25, -0.2) is 4.79 Å². The van der Waals surface area contributed by atoms with Gasteiger partial charge in [-0.3, -0.25) is 4.79 Å². The zero-order valence-corrected chi connectivity index (χ0v) is 12.5. The number of hydrogen-bond acceptors (Lipinski definition) is 2. The van der Waals surface area contributed by atoms with E-state index in [0.29, 0.717) is 10.2 Å². The molecule has 0 atom stereocenters. The van der Waals surface area contributed by atoms with E-state index in [9.17, 15) is 9.59 Å². The minimum absolute atomic E-state index is 0.153. The lowest BCUT2D eigenvalue weighted by molar-refractivity contribution is -0.111. The van der Waals surface area contributed by atoms with Crippen molar-refractivity contribution in [3.05, 3.63) is 70.2 Å². The van der Waals surface area contributed by atoms with E-state index in [4.69, 9.17) is 5.11 Å². The molecule has 21 heavy (non-hydrogen) atoms. The second-order valence-electron chi connectivity index (χ2n) is 4.23. The number of anilines is 1. The lowest BCUT2D eigenvalue weighted by atomic mass is 10.2. The van der Waals surface area contributed by atoms with Crippen LogP contribution < -0.4 is 5.32 Å². The minimum atomic E-state index is -1.02. The number of amides is 1. The number of rotatable bonds is 4. The molecule has 0 spiro atoms. The van der Waals surface area contributed by atoms with Gasteiger partial charge in [0.2, 0.25) is 5.91 Å². The minimum Gasteiger partial charge on any atom is -0.478 e. The van der Waals surface area contributed by atoms with Crippen molar-refractivity contribution in [1.29, 1.82) is 0 Å². The molecular weight excluding hydrogens is 334 g/mol. The van der Waals surface area contributed by atoms with Crippen LogP contribution in [0.3, 0.4) is 0 Å². The maximum Gasteiger partial charge on any atom is 0.335 e. The van der Waals surface area contributed by atoms with Crippen LogP contribution in [0.2, 0.25) is 0 Å². The van der Waals surface area contributed by atoms with E-state index in [1.807, 2.05) is 30.3 Å². The normalized spacial score (nSPS) is 10.5. The Morgan fingerprint density at radius 1 is 1.10 bits per heavy atom. The third-order valence-electron chi connectivity index (χ3n) is 2.70. The van der Waals surface area contributed by atoms with Crippen molar-refractivity contribution < 1.29 is 14.7 Å². The highest BCUT2D eigenvalue weighted by Gasteiger charge is 2.07. The van der Waals surface area contributed by atoms with Crippen LogP contribution >= 0.6 is 15.9 Å². The van der Waals surface area contributed by atoms with Crippen LogP contribution in [0.15, 0.2) is 59.1 Å². The first-order valence-corrected chi connectivity index (χ1v) is 6.92. The van der Waals surface area contributed by atoms with Crippen molar-refractivity contribution in [2.24, 2.45) is 0 Å². The van der Waals surface area contributed by atoms with Crippen LogP contribution in [0, 0.1) is 0 Å². The van der Waals surface area contributed by atoms with E-state index in [-0.39, 0.29) is 11.5 Å². The summed E-state index contributed by atoms with van der Waals surface area (Å²) in [6.45, 7) is 0. The summed E-state index contributed by atoms with van der Waals surface area (Å²) in [5.41, 5.74) is 1.59. The Labute approximate surface area is 130 Å². The largest absolute Gasteiger partial charge is 0.478 e. The average Bonchev–Trinajstić information content (AvgIpc) is 2.48. The maximum atomic E-state index is 11.8. The summed E-state index contributed by atoms with van der Waals surface area (Å²) in [5.74, 6) is -1.31. The molecule has 2 N–H and O–H groups in total. The summed E-state index contributed by atoms with van der Waals surface area (Å²) >= 11 is 3.24. The van der Waals surface area contributed by atoms with Gasteiger partial charge < -0.3 is 10.4 Å². The second-order valence-corrected chi connectivity index (χ2v) is 5.09. The van der Waals surface area contributed by atoms with Crippen LogP contribution in [0.1, 0.15) is 15.9 Å². The SMILES string of the molecule is O=C(C=Cc1ccccc1)Nc1ccc(C(=O)O)cc1Br. The van der Waals surface area contributed by atoms with Gasteiger partial charge in [0, 0.05) is 10.5 Å². The highest BCUT2D eigenvalue weighted by molar-refractivity contribution is 9.10. The molecule has 0 aliphatic carbocycles. The number of halogens is 1. The molecule has 0 unspecified atom stereocenters. The van der Waals surface area contributed by atoms with E-state index in [1.165, 1.54) is 18.2 Å². The number of hydrogen-bond donors (Lipinski definition) is 2. The topological polar surface area (TPSA) is 66.4 Å². The number of nitrogens with one attached hydrogen (secondary N) is 1. The lowest BCUT2D eigenvalue weighted by Gasteiger charge is -2.06. The standard InChI is InChI=1S/C16H12BrNO3/c17-13-10-12(16(20)21)7-8-14(13)18-15(19)9-6-11-4-2-1-3-5-11/h1-10H,(H,18,19)(H,20,21). The zero-order valence-electron chi connectivity index (χ0n) is 10.9. The molecule has 1 amide bonds. The third kappa shape index (κ3) is 4.29. The quantitative estimate of drug-likeness (QED) is 0.828. The number of carbonyl (C=O) groups excluding carboxylic acids is 1. The first-order valence-electron chi connectivity index (χ1n) is 6.13. The Hall–Kier alpha value is -2.40. The van der Waals surface area contributed by atoms with Crippen molar-refractivity contribution in [2.45, 2.75) is 0 Å². The Kier molecular flexibility index (Phi) is 4.90. The highest BCUT2D eigenvalue weighted by atomic mass is 79.9. The lowest BCUT2D eigenvalue weighted by Crippen LogP contribution is -2.08. The Bertz CT molecular complexity index is 696. The van der Waals surface area contributed by atoms with Gasteiger partial charge in [0.15, 0.2) is 0 Å². The van der Waals surface area contributed by atoms with Crippen molar-refractivity contribution in [1.82, 2.24) is 0 Å². The number of carboxylic acid groups (broad SMARTS) is 1. The zero-order chi connectivity index (χ0) is 15.2. The van der Waals surface area contributed by atoms with E-state index >= 15 is 0 Å².